The molecule has 3 N–H and O–H groups in total. The van der Waals surface area contributed by atoms with E-state index >= 15 is 0 Å². The fourth-order valence-corrected chi connectivity index (χ4v) is 3.34. The highest BCUT2D eigenvalue weighted by Gasteiger charge is 2.09. The molecule has 0 saturated heterocycles. The quantitative estimate of drug-likeness (QED) is 0.426. The van der Waals surface area contributed by atoms with E-state index in [1.54, 1.807) is 0 Å². The molecule has 0 aliphatic carbocycles. The topological polar surface area (TPSA) is 63.8 Å². The molecule has 5 heteroatoms. The molecule has 132 valence electrons. The van der Waals surface area contributed by atoms with Crippen LogP contribution >= 0.6 is 15.9 Å². The standard InChI is InChI=1S/C22H17BrN4/c1-2-14-6-8-15(9-7-14)16-10-11-20-19(12-16)21(27-22(24)26-20)25-18-5-3-4-17(23)13-18/h2-13H,1H2,(H3,24,25,26,27). The second-order valence-corrected chi connectivity index (χ2v) is 7.04. The normalized spacial score (nSPS) is 10.7. The van der Waals surface area contributed by atoms with Gasteiger partial charge in [0.2, 0.25) is 5.95 Å². The molecule has 0 amide bonds. The Kier molecular flexibility index (Phi) is 4.60. The van der Waals surface area contributed by atoms with Crippen LogP contribution in [0.4, 0.5) is 17.5 Å². The van der Waals surface area contributed by atoms with Gasteiger partial charge in [0.25, 0.3) is 0 Å². The highest BCUT2D eigenvalue weighted by Crippen LogP contribution is 2.30. The molecular weight excluding hydrogens is 400 g/mol. The smallest absolute Gasteiger partial charge is 0.222 e. The number of aromatic nitrogens is 2. The lowest BCUT2D eigenvalue weighted by Crippen LogP contribution is -2.01. The Bertz CT molecular complexity index is 1140. The van der Waals surface area contributed by atoms with Crippen LogP contribution in [0.15, 0.2) is 77.8 Å². The zero-order valence-corrected chi connectivity index (χ0v) is 16.1. The van der Waals surface area contributed by atoms with E-state index in [9.17, 15) is 0 Å². The zero-order valence-electron chi connectivity index (χ0n) is 14.5. The Morgan fingerprint density at radius 2 is 1.70 bits per heavy atom. The lowest BCUT2D eigenvalue weighted by atomic mass is 10.0. The summed E-state index contributed by atoms with van der Waals surface area (Å²) >= 11 is 3.49. The molecule has 0 atom stereocenters. The third-order valence-electron chi connectivity index (χ3n) is 4.28. The van der Waals surface area contributed by atoms with Gasteiger partial charge >= 0.3 is 0 Å². The van der Waals surface area contributed by atoms with Crippen molar-refractivity contribution in [3.8, 4) is 11.1 Å². The Hall–Kier alpha value is -3.18. The van der Waals surface area contributed by atoms with Crippen molar-refractivity contribution < 1.29 is 0 Å². The molecule has 0 saturated carbocycles. The summed E-state index contributed by atoms with van der Waals surface area (Å²) in [5.41, 5.74) is 10.9. The van der Waals surface area contributed by atoms with Crippen molar-refractivity contribution in [3.63, 3.8) is 0 Å². The van der Waals surface area contributed by atoms with Crippen molar-refractivity contribution in [1.82, 2.24) is 9.97 Å². The van der Waals surface area contributed by atoms with Gasteiger partial charge in [-0.2, -0.15) is 4.98 Å². The van der Waals surface area contributed by atoms with Crippen molar-refractivity contribution in [2.45, 2.75) is 0 Å². The fraction of sp³-hybridized carbons (Fsp3) is 0. The Morgan fingerprint density at radius 3 is 2.44 bits per heavy atom. The molecule has 0 radical (unpaired) electrons. The second kappa shape index (κ2) is 7.21. The second-order valence-electron chi connectivity index (χ2n) is 6.12. The summed E-state index contributed by atoms with van der Waals surface area (Å²) in [6, 6.07) is 22.3. The molecular formula is C22H17BrN4. The Labute approximate surface area is 165 Å². The first-order valence-corrected chi connectivity index (χ1v) is 9.24. The monoisotopic (exact) mass is 416 g/mol. The van der Waals surface area contributed by atoms with Crippen molar-refractivity contribution >= 4 is 50.4 Å². The van der Waals surface area contributed by atoms with Gasteiger partial charge in [0.1, 0.15) is 5.82 Å². The Balaban J connectivity index is 1.81. The number of hydrogen-bond acceptors (Lipinski definition) is 4. The summed E-state index contributed by atoms with van der Waals surface area (Å²) in [6.07, 6.45) is 1.83. The van der Waals surface area contributed by atoms with E-state index in [1.165, 1.54) is 0 Å². The van der Waals surface area contributed by atoms with Crippen LogP contribution in [0.3, 0.4) is 0 Å². The molecule has 4 nitrogen and oxygen atoms in total. The van der Waals surface area contributed by atoms with Crippen molar-refractivity contribution in [1.29, 1.82) is 0 Å². The van der Waals surface area contributed by atoms with Gasteiger partial charge in [0, 0.05) is 15.5 Å². The molecule has 1 aromatic heterocycles. The number of nitrogens with one attached hydrogen (secondary N) is 1. The maximum Gasteiger partial charge on any atom is 0.222 e. The zero-order chi connectivity index (χ0) is 18.8. The van der Waals surface area contributed by atoms with Crippen LogP contribution in [0, 0.1) is 0 Å². The highest BCUT2D eigenvalue weighted by atomic mass is 79.9. The van der Waals surface area contributed by atoms with Crippen molar-refractivity contribution in [2.24, 2.45) is 0 Å². The number of nitrogens with two attached hydrogens (primary N) is 1. The summed E-state index contributed by atoms with van der Waals surface area (Å²) in [7, 11) is 0. The van der Waals surface area contributed by atoms with Crippen LogP contribution < -0.4 is 11.1 Å². The largest absolute Gasteiger partial charge is 0.368 e. The summed E-state index contributed by atoms with van der Waals surface area (Å²) in [5, 5.41) is 4.26. The van der Waals surface area contributed by atoms with E-state index < -0.39 is 0 Å². The van der Waals surface area contributed by atoms with E-state index in [4.69, 9.17) is 5.73 Å². The highest BCUT2D eigenvalue weighted by molar-refractivity contribution is 9.10. The average Bonchev–Trinajstić information content (AvgIpc) is 2.68. The SMILES string of the molecule is C=Cc1ccc(-c2ccc3nc(N)nc(Nc4cccc(Br)c4)c3c2)cc1. The molecule has 0 bridgehead atoms. The third-order valence-corrected chi connectivity index (χ3v) is 4.77. The predicted molar refractivity (Wildman–Crippen MR) is 117 cm³/mol. The van der Waals surface area contributed by atoms with Crippen LogP contribution in [0.2, 0.25) is 0 Å². The predicted octanol–water partition coefficient (Wildman–Crippen LogP) is 6.03. The van der Waals surface area contributed by atoms with Crippen LogP contribution in [-0.2, 0) is 0 Å². The minimum Gasteiger partial charge on any atom is -0.368 e. The molecule has 3 aromatic carbocycles. The summed E-state index contributed by atoms with van der Waals surface area (Å²) in [5.74, 6) is 0.920. The minimum atomic E-state index is 0.239. The molecule has 0 aliphatic heterocycles. The van der Waals surface area contributed by atoms with Crippen LogP contribution in [0.5, 0.6) is 0 Å². The van der Waals surface area contributed by atoms with Gasteiger partial charge in [-0.15, -0.1) is 0 Å². The van der Waals surface area contributed by atoms with E-state index in [2.05, 4.69) is 56.0 Å². The number of benzene rings is 3. The molecule has 0 fully saturated rings. The number of nitrogens with zero attached hydrogens (tertiary/aromatic N) is 2. The number of halogens is 1. The van der Waals surface area contributed by atoms with E-state index in [-0.39, 0.29) is 5.95 Å². The van der Waals surface area contributed by atoms with E-state index in [0.717, 1.165) is 37.8 Å². The summed E-state index contributed by atoms with van der Waals surface area (Å²) < 4.78 is 0.988. The lowest BCUT2D eigenvalue weighted by molar-refractivity contribution is 1.23. The molecule has 4 aromatic rings. The minimum absolute atomic E-state index is 0.239. The van der Waals surface area contributed by atoms with Crippen LogP contribution in [0.25, 0.3) is 28.1 Å². The van der Waals surface area contributed by atoms with Gasteiger partial charge in [-0.25, -0.2) is 4.98 Å². The van der Waals surface area contributed by atoms with Crippen molar-refractivity contribution in [3.05, 3.63) is 83.3 Å². The number of rotatable bonds is 4. The van der Waals surface area contributed by atoms with Gasteiger partial charge in [-0.1, -0.05) is 65.0 Å². The van der Waals surface area contributed by atoms with E-state index in [1.807, 2.05) is 54.6 Å². The van der Waals surface area contributed by atoms with Gasteiger partial charge in [0.15, 0.2) is 0 Å². The fourth-order valence-electron chi connectivity index (χ4n) is 2.94. The molecule has 0 spiro atoms. The lowest BCUT2D eigenvalue weighted by Gasteiger charge is -2.11. The van der Waals surface area contributed by atoms with Gasteiger partial charge in [-0.3, -0.25) is 0 Å². The first kappa shape index (κ1) is 17.2. The first-order chi connectivity index (χ1) is 13.1. The number of hydrogen-bond donors (Lipinski definition) is 2. The third kappa shape index (κ3) is 3.68. The van der Waals surface area contributed by atoms with Crippen LogP contribution in [-0.4, -0.2) is 9.97 Å². The molecule has 0 aliphatic rings. The summed E-state index contributed by atoms with van der Waals surface area (Å²) in [6.45, 7) is 3.80. The molecule has 0 unspecified atom stereocenters. The Morgan fingerprint density at radius 1 is 0.926 bits per heavy atom. The number of nitrogen functional groups attached to an aromatic ring is 1. The van der Waals surface area contributed by atoms with E-state index in [0.29, 0.717) is 5.82 Å². The molecule has 1 heterocycles. The van der Waals surface area contributed by atoms with Gasteiger partial charge < -0.3 is 11.1 Å². The van der Waals surface area contributed by atoms with Crippen LogP contribution in [0.1, 0.15) is 5.56 Å². The van der Waals surface area contributed by atoms with Gasteiger partial charge in [-0.05, 0) is 47.0 Å². The average molecular weight is 417 g/mol. The first-order valence-electron chi connectivity index (χ1n) is 8.45. The molecule has 27 heavy (non-hydrogen) atoms. The molecule has 4 rings (SSSR count). The van der Waals surface area contributed by atoms with Crippen molar-refractivity contribution in [2.75, 3.05) is 11.1 Å². The maximum absolute atomic E-state index is 5.91. The van der Waals surface area contributed by atoms with Gasteiger partial charge in [0.05, 0.1) is 5.52 Å². The maximum atomic E-state index is 5.91. The number of anilines is 3. The summed E-state index contributed by atoms with van der Waals surface area (Å²) in [4.78, 5) is 8.78. The number of fused-ring (bicyclic) bond motifs is 1.